The second-order valence-corrected chi connectivity index (χ2v) is 8.18. The highest BCUT2D eigenvalue weighted by Gasteiger charge is 2.28. The Morgan fingerprint density at radius 3 is 2.43 bits per heavy atom. The zero-order chi connectivity index (χ0) is 16.4. The second-order valence-electron chi connectivity index (χ2n) is 6.47. The van der Waals surface area contributed by atoms with Gasteiger partial charge in [-0.1, -0.05) is 0 Å². The summed E-state index contributed by atoms with van der Waals surface area (Å²) in [4.78, 5) is 12.5. The van der Waals surface area contributed by atoms with Crippen LogP contribution in [0.2, 0.25) is 0 Å². The zero-order valence-corrected chi connectivity index (χ0v) is 14.0. The summed E-state index contributed by atoms with van der Waals surface area (Å²) in [6.07, 6.45) is 3.61. The largest absolute Gasteiger partial charge is 0.349 e. The van der Waals surface area contributed by atoms with Gasteiger partial charge in [0.15, 0.2) is 0 Å². The number of hydrogen-bond acceptors (Lipinski definition) is 4. The molecular formula is C16H23N3O3S. The van der Waals surface area contributed by atoms with Crippen LogP contribution in [0.25, 0.3) is 0 Å². The summed E-state index contributed by atoms with van der Waals surface area (Å²) in [5.41, 5.74) is 0.488. The van der Waals surface area contributed by atoms with Gasteiger partial charge in [-0.25, -0.2) is 13.1 Å². The Morgan fingerprint density at radius 2 is 1.83 bits per heavy atom. The van der Waals surface area contributed by atoms with Gasteiger partial charge in [0.05, 0.1) is 4.90 Å². The van der Waals surface area contributed by atoms with Crippen LogP contribution in [0.3, 0.4) is 0 Å². The zero-order valence-electron chi connectivity index (χ0n) is 13.2. The number of benzene rings is 1. The summed E-state index contributed by atoms with van der Waals surface area (Å²) < 4.78 is 26.8. The Morgan fingerprint density at radius 1 is 1.13 bits per heavy atom. The molecule has 126 valence electrons. The number of nitrogens with one attached hydrogen (secondary N) is 3. The van der Waals surface area contributed by atoms with Crippen molar-refractivity contribution < 1.29 is 13.2 Å². The molecular weight excluding hydrogens is 314 g/mol. The number of carbonyl (C=O) groups is 1. The van der Waals surface area contributed by atoms with Crippen molar-refractivity contribution in [2.45, 2.75) is 55.6 Å². The van der Waals surface area contributed by atoms with Crippen LogP contribution in [0, 0.1) is 0 Å². The predicted molar refractivity (Wildman–Crippen MR) is 87.7 cm³/mol. The Bertz CT molecular complexity index is 668. The third-order valence-electron chi connectivity index (χ3n) is 4.28. The van der Waals surface area contributed by atoms with Gasteiger partial charge in [-0.05, 0) is 63.4 Å². The first-order chi connectivity index (χ1) is 10.9. The third kappa shape index (κ3) is 4.31. The maximum Gasteiger partial charge on any atom is 0.251 e. The maximum atomic E-state index is 12.3. The molecule has 7 heteroatoms. The fourth-order valence-corrected chi connectivity index (χ4v) is 4.11. The van der Waals surface area contributed by atoms with Gasteiger partial charge in [0.25, 0.3) is 5.91 Å². The van der Waals surface area contributed by atoms with Crippen LogP contribution in [0.4, 0.5) is 0 Å². The Labute approximate surface area is 137 Å². The van der Waals surface area contributed by atoms with Crippen molar-refractivity contribution in [1.82, 2.24) is 15.4 Å². The Balaban J connectivity index is 1.63. The minimum Gasteiger partial charge on any atom is -0.349 e. The van der Waals surface area contributed by atoms with E-state index in [0.29, 0.717) is 11.6 Å². The molecule has 1 saturated carbocycles. The van der Waals surface area contributed by atoms with Gasteiger partial charge in [-0.3, -0.25) is 4.79 Å². The van der Waals surface area contributed by atoms with Gasteiger partial charge in [0.2, 0.25) is 10.0 Å². The topological polar surface area (TPSA) is 87.3 Å². The normalized spacial score (nSPS) is 25.1. The molecule has 0 spiro atoms. The average Bonchev–Trinajstić information content (AvgIpc) is 3.30. The molecule has 1 aliphatic heterocycles. The summed E-state index contributed by atoms with van der Waals surface area (Å²) in [6, 6.07) is 6.76. The molecule has 1 aromatic carbocycles. The minimum absolute atomic E-state index is 0.0740. The number of amides is 1. The molecule has 2 unspecified atom stereocenters. The van der Waals surface area contributed by atoms with E-state index in [1.807, 2.05) is 0 Å². The van der Waals surface area contributed by atoms with Crippen LogP contribution in [0.1, 0.15) is 43.0 Å². The van der Waals surface area contributed by atoms with E-state index in [-0.39, 0.29) is 22.9 Å². The number of rotatable bonds is 5. The molecule has 1 aliphatic carbocycles. The number of hydrogen-bond donors (Lipinski definition) is 3. The number of carbonyl (C=O) groups excluding carboxylic acids is 1. The van der Waals surface area contributed by atoms with E-state index >= 15 is 0 Å². The van der Waals surface area contributed by atoms with Gasteiger partial charge >= 0.3 is 0 Å². The lowest BCUT2D eigenvalue weighted by Crippen LogP contribution is -2.46. The van der Waals surface area contributed by atoms with Crippen molar-refractivity contribution in [2.75, 3.05) is 6.54 Å². The molecule has 3 rings (SSSR count). The average molecular weight is 337 g/mol. The van der Waals surface area contributed by atoms with E-state index in [4.69, 9.17) is 0 Å². The molecule has 2 fully saturated rings. The van der Waals surface area contributed by atoms with E-state index in [1.165, 1.54) is 12.1 Å². The van der Waals surface area contributed by atoms with E-state index < -0.39 is 10.0 Å². The second kappa shape index (κ2) is 6.59. The van der Waals surface area contributed by atoms with Crippen LogP contribution < -0.4 is 15.4 Å². The third-order valence-corrected chi connectivity index (χ3v) is 5.82. The van der Waals surface area contributed by atoms with E-state index in [1.54, 1.807) is 12.1 Å². The van der Waals surface area contributed by atoms with Crippen LogP contribution >= 0.6 is 0 Å². The van der Waals surface area contributed by atoms with Crippen molar-refractivity contribution in [3.8, 4) is 0 Å². The highest BCUT2D eigenvalue weighted by Crippen LogP contribution is 2.22. The number of sulfonamides is 1. The number of piperidine rings is 1. The molecule has 1 saturated heterocycles. The monoisotopic (exact) mass is 337 g/mol. The van der Waals surface area contributed by atoms with Crippen LogP contribution in [-0.2, 0) is 10.0 Å². The van der Waals surface area contributed by atoms with Crippen molar-refractivity contribution in [2.24, 2.45) is 0 Å². The van der Waals surface area contributed by atoms with Crippen molar-refractivity contribution in [3.05, 3.63) is 29.8 Å². The fourth-order valence-electron chi connectivity index (χ4n) is 2.81. The van der Waals surface area contributed by atoms with Crippen LogP contribution in [0.5, 0.6) is 0 Å². The molecule has 2 atom stereocenters. The van der Waals surface area contributed by atoms with Gasteiger partial charge in [0, 0.05) is 23.7 Å². The quantitative estimate of drug-likeness (QED) is 0.748. The molecule has 0 aromatic heterocycles. The van der Waals surface area contributed by atoms with Crippen molar-refractivity contribution >= 4 is 15.9 Å². The van der Waals surface area contributed by atoms with Crippen LogP contribution in [-0.4, -0.2) is 39.0 Å². The smallest absolute Gasteiger partial charge is 0.251 e. The summed E-state index contributed by atoms with van der Waals surface area (Å²) >= 11 is 0. The predicted octanol–water partition coefficient (Wildman–Crippen LogP) is 0.998. The molecule has 1 heterocycles. The maximum absolute atomic E-state index is 12.3. The lowest BCUT2D eigenvalue weighted by atomic mass is 10.0. The molecule has 0 bridgehead atoms. The molecule has 3 N–H and O–H groups in total. The molecule has 23 heavy (non-hydrogen) atoms. The van der Waals surface area contributed by atoms with Gasteiger partial charge in [0.1, 0.15) is 0 Å². The lowest BCUT2D eigenvalue weighted by Gasteiger charge is -2.28. The van der Waals surface area contributed by atoms with Gasteiger partial charge in [-0.15, -0.1) is 0 Å². The molecule has 6 nitrogen and oxygen atoms in total. The summed E-state index contributed by atoms with van der Waals surface area (Å²) in [5.74, 6) is -0.150. The summed E-state index contributed by atoms with van der Waals surface area (Å²) in [6.45, 7) is 3.00. The van der Waals surface area contributed by atoms with Crippen molar-refractivity contribution in [1.29, 1.82) is 0 Å². The molecule has 2 aliphatic rings. The fraction of sp³-hybridized carbons (Fsp3) is 0.562. The minimum atomic E-state index is -3.46. The lowest BCUT2D eigenvalue weighted by molar-refractivity contribution is 0.0925. The SMILES string of the molecule is CC1CC(NC(=O)c2ccc(S(=O)(=O)NC3CC3)cc2)CCN1. The molecule has 1 aromatic rings. The van der Waals surface area contributed by atoms with E-state index in [9.17, 15) is 13.2 Å². The van der Waals surface area contributed by atoms with Crippen LogP contribution in [0.15, 0.2) is 29.2 Å². The first kappa shape index (κ1) is 16.4. The van der Waals surface area contributed by atoms with E-state index in [0.717, 1.165) is 32.2 Å². The van der Waals surface area contributed by atoms with Crippen molar-refractivity contribution in [3.63, 3.8) is 0 Å². The van der Waals surface area contributed by atoms with Gasteiger partial charge < -0.3 is 10.6 Å². The Kier molecular flexibility index (Phi) is 4.70. The van der Waals surface area contributed by atoms with E-state index in [2.05, 4.69) is 22.3 Å². The molecule has 0 radical (unpaired) electrons. The summed E-state index contributed by atoms with van der Waals surface area (Å²) in [7, 11) is -3.46. The standard InChI is InChI=1S/C16H23N3O3S/c1-11-10-14(8-9-17-11)18-16(20)12-2-6-15(7-3-12)23(21,22)19-13-4-5-13/h2-3,6-7,11,13-14,17,19H,4-5,8-10H2,1H3,(H,18,20). The Hall–Kier alpha value is -1.44. The first-order valence-corrected chi connectivity index (χ1v) is 9.59. The highest BCUT2D eigenvalue weighted by molar-refractivity contribution is 7.89. The van der Waals surface area contributed by atoms with Gasteiger partial charge in [-0.2, -0.15) is 0 Å². The highest BCUT2D eigenvalue weighted by atomic mass is 32.2. The summed E-state index contributed by atoms with van der Waals surface area (Å²) in [5, 5.41) is 6.37. The first-order valence-electron chi connectivity index (χ1n) is 8.11. The molecule has 1 amide bonds.